The van der Waals surface area contributed by atoms with E-state index in [2.05, 4.69) is 15.4 Å². The maximum absolute atomic E-state index is 12.9. The first-order valence-electron chi connectivity index (χ1n) is 10.5. The average Bonchev–Trinajstić information content (AvgIpc) is 2.79. The van der Waals surface area contributed by atoms with Gasteiger partial charge in [0.15, 0.2) is 5.96 Å². The molecule has 0 bridgehead atoms. The SMILES string of the molecule is N=C(N)N1CCC[C@@H](CNC(=O)C(CNC(=O)O)NS(=O)(=O)c2ccc3ccccc3c2)C1. The standard InChI is InChI=1S/C21H28N6O5S/c22-20(23)27-9-3-4-14(13-27)11-24-19(28)18(12-25-21(29)30)26-33(31,32)17-8-7-15-5-1-2-6-16(15)10-17/h1-2,5-8,10,14,18,25-26H,3-4,9,11-13H2,(H3,22,23)(H,24,28)(H,29,30)/t14-,18?/m0/s1. The molecule has 0 radical (unpaired) electrons. The summed E-state index contributed by atoms with van der Waals surface area (Å²) in [5.41, 5.74) is 5.54. The van der Waals surface area contributed by atoms with Crippen LogP contribution in [0.25, 0.3) is 10.8 Å². The quantitative estimate of drug-likeness (QED) is 0.237. The van der Waals surface area contributed by atoms with Gasteiger partial charge in [-0.2, -0.15) is 4.72 Å². The molecule has 2 atom stereocenters. The van der Waals surface area contributed by atoms with Gasteiger partial charge in [0.2, 0.25) is 15.9 Å². The number of hydrogen-bond acceptors (Lipinski definition) is 5. The molecule has 0 saturated carbocycles. The van der Waals surface area contributed by atoms with E-state index >= 15 is 0 Å². The molecule has 178 valence electrons. The van der Waals surface area contributed by atoms with E-state index in [4.69, 9.17) is 16.2 Å². The van der Waals surface area contributed by atoms with Crippen LogP contribution in [0.3, 0.4) is 0 Å². The van der Waals surface area contributed by atoms with Crippen molar-refractivity contribution in [2.45, 2.75) is 23.8 Å². The van der Waals surface area contributed by atoms with E-state index in [1.165, 1.54) is 12.1 Å². The predicted octanol–water partition coefficient (Wildman–Crippen LogP) is 0.476. The first-order valence-corrected chi connectivity index (χ1v) is 12.0. The van der Waals surface area contributed by atoms with Gasteiger partial charge in [-0.1, -0.05) is 30.3 Å². The summed E-state index contributed by atoms with van der Waals surface area (Å²) in [7, 11) is -4.10. The van der Waals surface area contributed by atoms with E-state index in [-0.39, 0.29) is 23.3 Å². The highest BCUT2D eigenvalue weighted by Gasteiger charge is 2.28. The summed E-state index contributed by atoms with van der Waals surface area (Å²) in [4.78, 5) is 25.4. The molecular weight excluding hydrogens is 448 g/mol. The number of nitrogens with one attached hydrogen (secondary N) is 4. The van der Waals surface area contributed by atoms with Gasteiger partial charge in [-0.15, -0.1) is 0 Å². The van der Waals surface area contributed by atoms with Crippen LogP contribution in [0.2, 0.25) is 0 Å². The summed E-state index contributed by atoms with van der Waals surface area (Å²) in [6.45, 7) is 1.01. The molecule has 0 aliphatic carbocycles. The number of carbonyl (C=O) groups excluding carboxylic acids is 1. The minimum absolute atomic E-state index is 0.0290. The molecule has 7 N–H and O–H groups in total. The van der Waals surface area contributed by atoms with Gasteiger partial charge >= 0.3 is 6.09 Å². The lowest BCUT2D eigenvalue weighted by Crippen LogP contribution is -2.54. The number of carbonyl (C=O) groups is 2. The molecule has 0 spiro atoms. The summed E-state index contributed by atoms with van der Waals surface area (Å²) in [5.74, 6) is -0.637. The van der Waals surface area contributed by atoms with Crippen molar-refractivity contribution in [1.82, 2.24) is 20.3 Å². The minimum Gasteiger partial charge on any atom is -0.465 e. The van der Waals surface area contributed by atoms with Gasteiger partial charge in [-0.3, -0.25) is 10.2 Å². The van der Waals surface area contributed by atoms with Crippen LogP contribution in [-0.4, -0.2) is 68.6 Å². The first kappa shape index (κ1) is 24.3. The van der Waals surface area contributed by atoms with Crippen LogP contribution < -0.4 is 21.1 Å². The summed E-state index contributed by atoms with van der Waals surface area (Å²) in [6.07, 6.45) is 0.269. The Kier molecular flexibility index (Phi) is 7.71. The lowest BCUT2D eigenvalue weighted by Gasteiger charge is -2.33. The summed E-state index contributed by atoms with van der Waals surface area (Å²) < 4.78 is 28.2. The molecule has 11 nitrogen and oxygen atoms in total. The van der Waals surface area contributed by atoms with Crippen molar-refractivity contribution in [1.29, 1.82) is 5.41 Å². The van der Waals surface area contributed by atoms with Crippen LogP contribution in [0.4, 0.5) is 4.79 Å². The Morgan fingerprint density at radius 1 is 1.18 bits per heavy atom. The zero-order chi connectivity index (χ0) is 24.0. The van der Waals surface area contributed by atoms with Gasteiger partial charge in [-0.25, -0.2) is 13.2 Å². The zero-order valence-electron chi connectivity index (χ0n) is 18.0. The number of sulfonamides is 1. The molecule has 2 amide bonds. The Bertz CT molecular complexity index is 1140. The second-order valence-electron chi connectivity index (χ2n) is 7.95. The molecule has 1 aliphatic rings. The smallest absolute Gasteiger partial charge is 0.404 e. The fourth-order valence-electron chi connectivity index (χ4n) is 3.79. The summed E-state index contributed by atoms with van der Waals surface area (Å²) in [6, 6.07) is 10.5. The number of rotatable bonds is 8. The Morgan fingerprint density at radius 3 is 2.61 bits per heavy atom. The normalized spacial score (nSPS) is 17.3. The molecule has 12 heteroatoms. The number of fused-ring (bicyclic) bond motifs is 1. The van der Waals surface area contributed by atoms with E-state index < -0.39 is 34.6 Å². The van der Waals surface area contributed by atoms with E-state index in [9.17, 15) is 18.0 Å². The molecule has 2 aromatic carbocycles. The highest BCUT2D eigenvalue weighted by Crippen LogP contribution is 2.19. The van der Waals surface area contributed by atoms with Crippen LogP contribution in [-0.2, 0) is 14.8 Å². The maximum Gasteiger partial charge on any atom is 0.404 e. The maximum atomic E-state index is 12.9. The van der Waals surface area contributed by atoms with Gasteiger partial charge in [-0.05, 0) is 41.7 Å². The van der Waals surface area contributed by atoms with Crippen molar-refractivity contribution in [3.05, 3.63) is 42.5 Å². The average molecular weight is 477 g/mol. The third-order valence-electron chi connectivity index (χ3n) is 5.53. The molecule has 1 unspecified atom stereocenters. The van der Waals surface area contributed by atoms with Crippen LogP contribution in [0.15, 0.2) is 47.4 Å². The topological polar surface area (TPSA) is 178 Å². The molecule has 2 aromatic rings. The third-order valence-corrected chi connectivity index (χ3v) is 7.00. The van der Waals surface area contributed by atoms with Crippen LogP contribution in [0, 0.1) is 11.3 Å². The van der Waals surface area contributed by atoms with E-state index in [0.29, 0.717) is 13.1 Å². The molecule has 1 saturated heterocycles. The molecule has 1 heterocycles. The monoisotopic (exact) mass is 476 g/mol. The number of carboxylic acid groups (broad SMARTS) is 1. The second kappa shape index (κ2) is 10.5. The van der Waals surface area contributed by atoms with E-state index in [1.807, 2.05) is 12.1 Å². The van der Waals surface area contributed by atoms with Crippen molar-refractivity contribution in [3.8, 4) is 0 Å². The highest BCUT2D eigenvalue weighted by molar-refractivity contribution is 7.89. The predicted molar refractivity (Wildman–Crippen MR) is 123 cm³/mol. The second-order valence-corrected chi connectivity index (χ2v) is 9.67. The Morgan fingerprint density at radius 2 is 1.91 bits per heavy atom. The number of nitrogens with zero attached hydrogens (tertiary/aromatic N) is 1. The fourth-order valence-corrected chi connectivity index (χ4v) is 5.02. The first-order chi connectivity index (χ1) is 15.7. The molecule has 3 rings (SSSR count). The largest absolute Gasteiger partial charge is 0.465 e. The molecule has 33 heavy (non-hydrogen) atoms. The van der Waals surface area contributed by atoms with Crippen molar-refractivity contribution in [2.24, 2.45) is 11.7 Å². The summed E-state index contributed by atoms with van der Waals surface area (Å²) in [5, 5.41) is 22.9. The lowest BCUT2D eigenvalue weighted by molar-refractivity contribution is -0.122. The van der Waals surface area contributed by atoms with Gasteiger partial charge < -0.3 is 26.4 Å². The molecule has 0 aromatic heterocycles. The van der Waals surface area contributed by atoms with Gasteiger partial charge in [0.05, 0.1) is 4.90 Å². The van der Waals surface area contributed by atoms with Crippen molar-refractivity contribution < 1.29 is 23.1 Å². The zero-order valence-corrected chi connectivity index (χ0v) is 18.8. The number of hydrogen-bond donors (Lipinski definition) is 6. The lowest BCUT2D eigenvalue weighted by atomic mass is 9.98. The minimum atomic E-state index is -4.10. The number of likely N-dealkylation sites (tertiary alicyclic amines) is 1. The van der Waals surface area contributed by atoms with Crippen LogP contribution in [0.1, 0.15) is 12.8 Å². The van der Waals surface area contributed by atoms with Gasteiger partial charge in [0.1, 0.15) is 6.04 Å². The fraction of sp³-hybridized carbons (Fsp3) is 0.381. The van der Waals surface area contributed by atoms with Crippen LogP contribution >= 0.6 is 0 Å². The number of guanidine groups is 1. The Balaban J connectivity index is 1.70. The Hall–Kier alpha value is -3.38. The Labute approximate surface area is 191 Å². The highest BCUT2D eigenvalue weighted by atomic mass is 32.2. The summed E-state index contributed by atoms with van der Waals surface area (Å²) >= 11 is 0. The molecule has 1 aliphatic heterocycles. The van der Waals surface area contributed by atoms with Crippen LogP contribution in [0.5, 0.6) is 0 Å². The molecule has 1 fully saturated rings. The van der Waals surface area contributed by atoms with E-state index in [1.54, 1.807) is 23.1 Å². The van der Waals surface area contributed by atoms with Gasteiger partial charge in [0, 0.05) is 26.2 Å². The third kappa shape index (κ3) is 6.56. The number of nitrogens with two attached hydrogens (primary N) is 1. The number of benzene rings is 2. The van der Waals surface area contributed by atoms with Crippen molar-refractivity contribution >= 4 is 38.8 Å². The van der Waals surface area contributed by atoms with Crippen molar-refractivity contribution in [3.63, 3.8) is 0 Å². The van der Waals surface area contributed by atoms with Gasteiger partial charge in [0.25, 0.3) is 0 Å². The number of piperidine rings is 1. The number of amides is 2. The van der Waals surface area contributed by atoms with E-state index in [0.717, 1.165) is 23.6 Å². The molecular formula is C21H28N6O5S. The van der Waals surface area contributed by atoms with Crippen molar-refractivity contribution in [2.75, 3.05) is 26.2 Å².